The van der Waals surface area contributed by atoms with Crippen molar-refractivity contribution in [3.05, 3.63) is 30.1 Å². The van der Waals surface area contributed by atoms with Gasteiger partial charge in [-0.1, -0.05) is 0 Å². The maximum absolute atomic E-state index is 12.8. The van der Waals surface area contributed by atoms with Gasteiger partial charge < -0.3 is 15.4 Å². The molecule has 0 atom stereocenters. The Morgan fingerprint density at radius 3 is 2.42 bits per heavy atom. The smallest absolute Gasteiger partial charge is 0.256 e. The van der Waals surface area contributed by atoms with Crippen LogP contribution in [0.25, 0.3) is 0 Å². The third-order valence-corrected chi connectivity index (χ3v) is 3.32. The first kappa shape index (κ1) is 15.9. The second-order valence-corrected chi connectivity index (χ2v) is 4.41. The van der Waals surface area contributed by atoms with Crippen molar-refractivity contribution in [2.24, 2.45) is 0 Å². The van der Waals surface area contributed by atoms with E-state index in [-0.39, 0.29) is 24.1 Å². The number of ether oxygens (including phenoxy) is 1. The molecule has 1 aliphatic heterocycles. The Labute approximate surface area is 118 Å². The number of amides is 1. The second kappa shape index (κ2) is 6.84. The monoisotopic (exact) mass is 288 g/mol. The highest BCUT2D eigenvalue weighted by Gasteiger charge is 2.39. The first-order chi connectivity index (χ1) is 8.66. The average Bonchev–Trinajstić information content (AvgIpc) is 2.42. The summed E-state index contributed by atoms with van der Waals surface area (Å²) in [5.41, 5.74) is -0.198. The topological polar surface area (TPSA) is 50.4 Å². The summed E-state index contributed by atoms with van der Waals surface area (Å²) >= 11 is 0. The Hall–Kier alpha value is -1.17. The van der Waals surface area contributed by atoms with Crippen molar-refractivity contribution in [1.82, 2.24) is 5.32 Å². The van der Waals surface area contributed by atoms with Crippen LogP contribution in [0, 0.1) is 5.82 Å². The first-order valence-electron chi connectivity index (χ1n) is 5.99. The molecule has 1 aromatic rings. The summed E-state index contributed by atoms with van der Waals surface area (Å²) < 4.78 is 18.2. The second-order valence-electron chi connectivity index (χ2n) is 4.41. The van der Waals surface area contributed by atoms with Crippen molar-refractivity contribution in [1.29, 1.82) is 0 Å². The quantitative estimate of drug-likeness (QED) is 0.894. The molecular weight excluding hydrogens is 271 g/mol. The van der Waals surface area contributed by atoms with E-state index in [9.17, 15) is 9.18 Å². The summed E-state index contributed by atoms with van der Waals surface area (Å²) in [6, 6.07) is 5.71. The van der Waals surface area contributed by atoms with Crippen LogP contribution in [0.1, 0.15) is 12.8 Å². The first-order valence-corrected chi connectivity index (χ1v) is 5.99. The number of nitrogens with one attached hydrogen (secondary N) is 2. The molecule has 2 rings (SSSR count). The predicted molar refractivity (Wildman–Crippen MR) is 74.1 cm³/mol. The lowest BCUT2D eigenvalue weighted by molar-refractivity contribution is -0.140. The number of halogens is 2. The van der Waals surface area contributed by atoms with E-state index in [0.717, 1.165) is 13.1 Å². The van der Waals surface area contributed by atoms with Crippen molar-refractivity contribution in [3.8, 4) is 0 Å². The van der Waals surface area contributed by atoms with Crippen molar-refractivity contribution >= 4 is 24.0 Å². The fourth-order valence-corrected chi connectivity index (χ4v) is 2.13. The molecule has 1 aromatic carbocycles. The predicted octanol–water partition coefficient (Wildman–Crippen LogP) is 1.95. The summed E-state index contributed by atoms with van der Waals surface area (Å²) in [6.07, 6.45) is 1.27. The highest BCUT2D eigenvalue weighted by Crippen LogP contribution is 2.24. The van der Waals surface area contributed by atoms with Gasteiger partial charge in [-0.05, 0) is 50.2 Å². The fourth-order valence-electron chi connectivity index (χ4n) is 2.13. The number of hydrogen-bond donors (Lipinski definition) is 2. The minimum Gasteiger partial charge on any atom is -0.368 e. The molecule has 106 valence electrons. The molecule has 1 amide bonds. The fraction of sp³-hybridized carbons (Fsp3) is 0.462. The van der Waals surface area contributed by atoms with Crippen LogP contribution in [0.3, 0.4) is 0 Å². The maximum atomic E-state index is 12.8. The van der Waals surface area contributed by atoms with Crippen LogP contribution in [0.5, 0.6) is 0 Å². The van der Waals surface area contributed by atoms with E-state index in [1.54, 1.807) is 7.11 Å². The van der Waals surface area contributed by atoms with Gasteiger partial charge in [0.25, 0.3) is 5.91 Å². The Balaban J connectivity index is 0.00000180. The zero-order chi connectivity index (χ0) is 13.0. The maximum Gasteiger partial charge on any atom is 0.256 e. The molecule has 0 aromatic heterocycles. The number of hydrogen-bond acceptors (Lipinski definition) is 3. The van der Waals surface area contributed by atoms with E-state index in [0.29, 0.717) is 18.5 Å². The van der Waals surface area contributed by atoms with E-state index >= 15 is 0 Å². The summed E-state index contributed by atoms with van der Waals surface area (Å²) in [7, 11) is 1.55. The van der Waals surface area contributed by atoms with Crippen molar-refractivity contribution in [2.45, 2.75) is 18.4 Å². The lowest BCUT2D eigenvalue weighted by Gasteiger charge is -2.34. The SMILES string of the molecule is COC1(C(=O)Nc2ccc(F)cc2)CCNCC1.Cl. The van der Waals surface area contributed by atoms with Crippen LogP contribution in [-0.4, -0.2) is 31.7 Å². The number of piperidine rings is 1. The van der Waals surface area contributed by atoms with Crippen LogP contribution in [0.15, 0.2) is 24.3 Å². The Morgan fingerprint density at radius 2 is 1.89 bits per heavy atom. The van der Waals surface area contributed by atoms with Crippen LogP contribution >= 0.6 is 12.4 Å². The molecular formula is C13H18ClFN2O2. The molecule has 1 heterocycles. The zero-order valence-corrected chi connectivity index (χ0v) is 11.6. The van der Waals surface area contributed by atoms with E-state index in [1.165, 1.54) is 24.3 Å². The number of rotatable bonds is 3. The van der Waals surface area contributed by atoms with Crippen molar-refractivity contribution < 1.29 is 13.9 Å². The van der Waals surface area contributed by atoms with Gasteiger partial charge in [0.15, 0.2) is 0 Å². The molecule has 0 radical (unpaired) electrons. The molecule has 19 heavy (non-hydrogen) atoms. The van der Waals surface area contributed by atoms with Gasteiger partial charge in [-0.2, -0.15) is 0 Å². The molecule has 0 bridgehead atoms. The number of benzene rings is 1. The molecule has 0 spiro atoms. The Morgan fingerprint density at radius 1 is 1.32 bits per heavy atom. The number of anilines is 1. The summed E-state index contributed by atoms with van der Waals surface area (Å²) in [5.74, 6) is -0.491. The third-order valence-electron chi connectivity index (χ3n) is 3.32. The molecule has 4 nitrogen and oxygen atoms in total. The standard InChI is InChI=1S/C13H17FN2O2.ClH/c1-18-13(6-8-15-9-7-13)12(17)16-11-4-2-10(14)3-5-11;/h2-5,15H,6-9H2,1H3,(H,16,17);1H. The average molecular weight is 289 g/mol. The van der Waals surface area contributed by atoms with E-state index < -0.39 is 5.60 Å². The van der Waals surface area contributed by atoms with Crippen molar-refractivity contribution in [2.75, 3.05) is 25.5 Å². The molecule has 2 N–H and O–H groups in total. The molecule has 0 saturated carbocycles. The van der Waals surface area contributed by atoms with E-state index in [2.05, 4.69) is 10.6 Å². The van der Waals surface area contributed by atoms with Crippen molar-refractivity contribution in [3.63, 3.8) is 0 Å². The lowest BCUT2D eigenvalue weighted by atomic mass is 9.91. The number of carbonyl (C=O) groups is 1. The van der Waals surface area contributed by atoms with Gasteiger partial charge in [-0.15, -0.1) is 12.4 Å². The van der Waals surface area contributed by atoms with E-state index in [4.69, 9.17) is 4.74 Å². The molecule has 0 aliphatic carbocycles. The van der Waals surface area contributed by atoms with Gasteiger partial charge in [-0.3, -0.25) is 4.79 Å². The van der Waals surface area contributed by atoms with Gasteiger partial charge in [0.2, 0.25) is 0 Å². The summed E-state index contributed by atoms with van der Waals surface area (Å²) in [4.78, 5) is 12.2. The van der Waals surface area contributed by atoms with Crippen LogP contribution in [0.2, 0.25) is 0 Å². The van der Waals surface area contributed by atoms with Gasteiger partial charge in [0, 0.05) is 12.8 Å². The number of methoxy groups -OCH3 is 1. The zero-order valence-electron chi connectivity index (χ0n) is 10.7. The van der Waals surface area contributed by atoms with Gasteiger partial charge in [-0.25, -0.2) is 4.39 Å². The highest BCUT2D eigenvalue weighted by molar-refractivity contribution is 5.97. The van der Waals surface area contributed by atoms with Gasteiger partial charge in [0.1, 0.15) is 11.4 Å². The molecule has 1 fully saturated rings. The van der Waals surface area contributed by atoms with E-state index in [1.807, 2.05) is 0 Å². The lowest BCUT2D eigenvalue weighted by Crippen LogP contribution is -2.51. The molecule has 6 heteroatoms. The summed E-state index contributed by atoms with van der Waals surface area (Å²) in [6.45, 7) is 1.51. The third kappa shape index (κ3) is 3.65. The Bertz CT molecular complexity index is 419. The van der Waals surface area contributed by atoms with Gasteiger partial charge >= 0.3 is 0 Å². The molecule has 1 saturated heterocycles. The van der Waals surface area contributed by atoms with Crippen LogP contribution in [-0.2, 0) is 9.53 Å². The van der Waals surface area contributed by atoms with Gasteiger partial charge in [0.05, 0.1) is 0 Å². The molecule has 0 unspecified atom stereocenters. The van der Waals surface area contributed by atoms with Crippen LogP contribution < -0.4 is 10.6 Å². The largest absolute Gasteiger partial charge is 0.368 e. The minimum atomic E-state index is -0.778. The Kier molecular flexibility index (Phi) is 5.72. The summed E-state index contributed by atoms with van der Waals surface area (Å²) in [5, 5.41) is 5.96. The number of carbonyl (C=O) groups excluding carboxylic acids is 1. The minimum absolute atomic E-state index is 0. The highest BCUT2D eigenvalue weighted by atomic mass is 35.5. The normalized spacial score (nSPS) is 17.4. The molecule has 1 aliphatic rings. The van der Waals surface area contributed by atoms with Crippen LogP contribution in [0.4, 0.5) is 10.1 Å².